The summed E-state index contributed by atoms with van der Waals surface area (Å²) in [6.45, 7) is 4.33. The molecule has 2 aromatic carbocycles. The number of methoxy groups -OCH3 is 1. The fourth-order valence-electron chi connectivity index (χ4n) is 2.88. The van der Waals surface area contributed by atoms with Crippen LogP contribution in [0.2, 0.25) is 0 Å². The first-order valence-electron chi connectivity index (χ1n) is 9.30. The molecule has 1 N–H and O–H groups in total. The second-order valence-corrected chi connectivity index (χ2v) is 7.77. The molecule has 0 aliphatic carbocycles. The molecule has 0 radical (unpaired) electrons. The van der Waals surface area contributed by atoms with Gasteiger partial charge in [-0.3, -0.25) is 9.59 Å². The van der Waals surface area contributed by atoms with E-state index in [4.69, 9.17) is 4.74 Å². The van der Waals surface area contributed by atoms with Gasteiger partial charge >= 0.3 is 0 Å². The van der Waals surface area contributed by atoms with Crippen molar-refractivity contribution in [3.63, 3.8) is 0 Å². The van der Waals surface area contributed by atoms with E-state index in [1.54, 1.807) is 29.4 Å². The number of nitrogens with one attached hydrogen (secondary N) is 1. The normalized spacial score (nSPS) is 10.4. The second-order valence-electron chi connectivity index (χ2n) is 6.74. The third-order valence-corrected chi connectivity index (χ3v) is 5.61. The number of benzene rings is 2. The number of anilines is 1. The Morgan fingerprint density at radius 3 is 2.41 bits per heavy atom. The number of carbonyl (C=O) groups is 2. The van der Waals surface area contributed by atoms with Crippen LogP contribution in [0.25, 0.3) is 0 Å². The van der Waals surface area contributed by atoms with E-state index in [1.165, 1.54) is 0 Å². The van der Waals surface area contributed by atoms with E-state index >= 15 is 0 Å². The molecular weight excluding hydrogens is 384 g/mol. The van der Waals surface area contributed by atoms with Gasteiger partial charge in [-0.25, -0.2) is 0 Å². The quantitative estimate of drug-likeness (QED) is 0.633. The Hall–Kier alpha value is -3.12. The Morgan fingerprint density at radius 1 is 1.03 bits per heavy atom. The van der Waals surface area contributed by atoms with Crippen molar-refractivity contribution in [1.82, 2.24) is 5.32 Å². The number of aryl methyl sites for hydroxylation is 2. The van der Waals surface area contributed by atoms with Gasteiger partial charge < -0.3 is 15.0 Å². The minimum Gasteiger partial charge on any atom is -0.497 e. The van der Waals surface area contributed by atoms with E-state index in [0.717, 1.165) is 27.4 Å². The van der Waals surface area contributed by atoms with Crippen LogP contribution in [0.15, 0.2) is 60.0 Å². The molecule has 1 heterocycles. The van der Waals surface area contributed by atoms with Crippen molar-refractivity contribution in [3.05, 3.63) is 81.5 Å². The summed E-state index contributed by atoms with van der Waals surface area (Å²) in [5.41, 5.74) is 3.47. The van der Waals surface area contributed by atoms with Gasteiger partial charge in [-0.15, -0.1) is 11.3 Å². The van der Waals surface area contributed by atoms with Crippen molar-refractivity contribution in [2.45, 2.75) is 20.4 Å². The van der Waals surface area contributed by atoms with Crippen LogP contribution >= 0.6 is 11.3 Å². The van der Waals surface area contributed by atoms with Gasteiger partial charge in [-0.1, -0.05) is 12.1 Å². The van der Waals surface area contributed by atoms with Crippen LogP contribution in [0.3, 0.4) is 0 Å². The number of thiophene rings is 1. The molecule has 0 aliphatic heterocycles. The second kappa shape index (κ2) is 9.39. The highest BCUT2D eigenvalue weighted by Gasteiger charge is 2.18. The molecular formula is C23H24N2O3S. The number of ether oxygens (including phenoxy) is 1. The number of hydrogen-bond acceptors (Lipinski definition) is 4. The van der Waals surface area contributed by atoms with Gasteiger partial charge in [0, 0.05) is 16.1 Å². The number of rotatable bonds is 7. The molecule has 1 aromatic heterocycles. The molecule has 0 aliphatic rings. The Labute approximate surface area is 174 Å². The highest BCUT2D eigenvalue weighted by atomic mass is 32.1. The average molecular weight is 409 g/mol. The van der Waals surface area contributed by atoms with Crippen molar-refractivity contribution in [2.75, 3.05) is 18.6 Å². The van der Waals surface area contributed by atoms with E-state index in [-0.39, 0.29) is 18.4 Å². The highest BCUT2D eigenvalue weighted by molar-refractivity contribution is 7.09. The predicted octanol–water partition coefficient (Wildman–Crippen LogP) is 4.34. The third-order valence-electron chi connectivity index (χ3n) is 4.75. The zero-order chi connectivity index (χ0) is 20.8. The zero-order valence-corrected chi connectivity index (χ0v) is 17.6. The average Bonchev–Trinajstić information content (AvgIpc) is 3.25. The van der Waals surface area contributed by atoms with Gasteiger partial charge in [0.25, 0.3) is 5.91 Å². The Balaban J connectivity index is 1.73. The van der Waals surface area contributed by atoms with E-state index in [0.29, 0.717) is 12.1 Å². The van der Waals surface area contributed by atoms with Crippen LogP contribution < -0.4 is 15.0 Å². The molecule has 29 heavy (non-hydrogen) atoms. The predicted molar refractivity (Wildman–Crippen MR) is 117 cm³/mol. The molecule has 6 heteroatoms. The van der Waals surface area contributed by atoms with E-state index in [2.05, 4.69) is 5.32 Å². The zero-order valence-electron chi connectivity index (χ0n) is 16.8. The van der Waals surface area contributed by atoms with Crippen LogP contribution in [0, 0.1) is 13.8 Å². The lowest BCUT2D eigenvalue weighted by Gasteiger charge is -2.23. The molecule has 0 bridgehead atoms. The summed E-state index contributed by atoms with van der Waals surface area (Å²) in [4.78, 5) is 28.2. The fraction of sp³-hybridized carbons (Fsp3) is 0.217. The summed E-state index contributed by atoms with van der Waals surface area (Å²) in [6, 6.07) is 16.8. The summed E-state index contributed by atoms with van der Waals surface area (Å²) in [5.74, 6) is 0.285. The van der Waals surface area contributed by atoms with E-state index in [1.807, 2.05) is 67.8 Å². The van der Waals surface area contributed by atoms with Crippen molar-refractivity contribution >= 4 is 28.8 Å². The molecule has 2 amide bonds. The molecule has 0 fully saturated rings. The van der Waals surface area contributed by atoms with Gasteiger partial charge in [0.15, 0.2) is 0 Å². The van der Waals surface area contributed by atoms with Gasteiger partial charge in [0.05, 0.1) is 20.2 Å². The molecule has 3 rings (SSSR count). The largest absolute Gasteiger partial charge is 0.497 e. The Bertz CT molecular complexity index is 982. The monoisotopic (exact) mass is 408 g/mol. The van der Waals surface area contributed by atoms with Crippen molar-refractivity contribution in [2.24, 2.45) is 0 Å². The maximum Gasteiger partial charge on any atom is 0.251 e. The molecule has 5 nitrogen and oxygen atoms in total. The van der Waals surface area contributed by atoms with Gasteiger partial charge in [0.2, 0.25) is 5.91 Å². The molecule has 0 saturated heterocycles. The maximum absolute atomic E-state index is 13.0. The summed E-state index contributed by atoms with van der Waals surface area (Å²) in [5, 5.41) is 4.73. The van der Waals surface area contributed by atoms with Crippen molar-refractivity contribution < 1.29 is 14.3 Å². The van der Waals surface area contributed by atoms with Crippen LogP contribution in [0.1, 0.15) is 26.4 Å². The lowest BCUT2D eigenvalue weighted by Crippen LogP contribution is -2.40. The minimum atomic E-state index is -0.257. The van der Waals surface area contributed by atoms with Crippen LogP contribution in [-0.4, -0.2) is 25.5 Å². The molecule has 0 spiro atoms. The van der Waals surface area contributed by atoms with Crippen molar-refractivity contribution in [1.29, 1.82) is 0 Å². The van der Waals surface area contributed by atoms with Gasteiger partial charge in [-0.05, 0) is 72.8 Å². The first-order valence-corrected chi connectivity index (χ1v) is 10.2. The lowest BCUT2D eigenvalue weighted by atomic mass is 10.1. The number of amides is 2. The number of carbonyl (C=O) groups excluding carboxylic acids is 2. The molecule has 0 saturated carbocycles. The smallest absolute Gasteiger partial charge is 0.251 e. The standard InChI is InChI=1S/C23H24N2O3S/c1-16-6-7-18(13-17(16)2)23(27)24-14-22(26)25(15-21-5-4-12-29-21)19-8-10-20(28-3)11-9-19/h4-13H,14-15H2,1-3H3,(H,24,27). The lowest BCUT2D eigenvalue weighted by molar-refractivity contribution is -0.117. The summed E-state index contributed by atoms with van der Waals surface area (Å²) in [7, 11) is 1.60. The SMILES string of the molecule is COc1ccc(N(Cc2cccs2)C(=O)CNC(=O)c2ccc(C)c(C)c2)cc1. The maximum atomic E-state index is 13.0. The van der Waals surface area contributed by atoms with Gasteiger partial charge in [0.1, 0.15) is 5.75 Å². The van der Waals surface area contributed by atoms with E-state index in [9.17, 15) is 9.59 Å². The number of nitrogens with zero attached hydrogens (tertiary/aromatic N) is 1. The fourth-order valence-corrected chi connectivity index (χ4v) is 3.57. The first-order chi connectivity index (χ1) is 14.0. The summed E-state index contributed by atoms with van der Waals surface area (Å²) in [6.07, 6.45) is 0. The van der Waals surface area contributed by atoms with Crippen LogP contribution in [0.4, 0.5) is 5.69 Å². The Morgan fingerprint density at radius 2 is 1.79 bits per heavy atom. The summed E-state index contributed by atoms with van der Waals surface area (Å²) >= 11 is 1.59. The summed E-state index contributed by atoms with van der Waals surface area (Å²) < 4.78 is 5.20. The Kier molecular flexibility index (Phi) is 6.67. The van der Waals surface area contributed by atoms with E-state index < -0.39 is 0 Å². The van der Waals surface area contributed by atoms with Crippen LogP contribution in [0.5, 0.6) is 5.75 Å². The minimum absolute atomic E-state index is 0.0802. The molecule has 150 valence electrons. The number of hydrogen-bond donors (Lipinski definition) is 1. The molecule has 0 unspecified atom stereocenters. The first kappa shape index (κ1) is 20.6. The topological polar surface area (TPSA) is 58.6 Å². The van der Waals surface area contributed by atoms with Gasteiger partial charge in [-0.2, -0.15) is 0 Å². The van der Waals surface area contributed by atoms with Crippen LogP contribution in [-0.2, 0) is 11.3 Å². The molecule has 0 atom stereocenters. The molecule has 3 aromatic rings. The van der Waals surface area contributed by atoms with Crippen molar-refractivity contribution in [3.8, 4) is 5.75 Å². The highest BCUT2D eigenvalue weighted by Crippen LogP contribution is 2.23. The third kappa shape index (κ3) is 5.23.